The zero-order valence-electron chi connectivity index (χ0n) is 12.4. The van der Waals surface area contributed by atoms with Crippen molar-refractivity contribution >= 4 is 23.3 Å². The van der Waals surface area contributed by atoms with E-state index < -0.39 is 12.2 Å². The van der Waals surface area contributed by atoms with Gasteiger partial charge in [0.2, 0.25) is 11.3 Å². The summed E-state index contributed by atoms with van der Waals surface area (Å²) < 4.78 is 7.43. The molecule has 2 aromatic rings. The van der Waals surface area contributed by atoms with E-state index in [9.17, 15) is 10.2 Å². The first kappa shape index (κ1) is 14.8. The molecule has 1 aliphatic rings. The van der Waals surface area contributed by atoms with E-state index in [1.165, 1.54) is 6.33 Å². The molecule has 1 fully saturated rings. The highest BCUT2D eigenvalue weighted by Crippen LogP contribution is 2.26. The summed E-state index contributed by atoms with van der Waals surface area (Å²) in [6.07, 6.45) is 3.54. The molecule has 1 saturated heterocycles. The lowest BCUT2D eigenvalue weighted by molar-refractivity contribution is -0.738. The van der Waals surface area contributed by atoms with E-state index in [0.29, 0.717) is 23.4 Å². The van der Waals surface area contributed by atoms with Crippen molar-refractivity contribution < 1.29 is 19.5 Å². The summed E-state index contributed by atoms with van der Waals surface area (Å²) in [5.41, 5.74) is 1.32. The van der Waals surface area contributed by atoms with Gasteiger partial charge in [0, 0.05) is 20.5 Å². The molecule has 22 heavy (non-hydrogen) atoms. The fraction of sp³-hybridized carbons (Fsp3) is 0.538. The molecule has 0 aliphatic carbocycles. The number of aliphatic imine (C=N–C) groups is 1. The highest BCUT2D eigenvalue weighted by Gasteiger charge is 2.37. The van der Waals surface area contributed by atoms with Gasteiger partial charge in [-0.3, -0.25) is 4.98 Å². The number of aliphatic hydroxyl groups excluding tert-OH is 2. The van der Waals surface area contributed by atoms with Crippen LogP contribution in [0.2, 0.25) is 0 Å². The van der Waals surface area contributed by atoms with Crippen molar-refractivity contribution in [2.45, 2.75) is 24.9 Å². The van der Waals surface area contributed by atoms with Crippen LogP contribution in [0.15, 0.2) is 17.6 Å². The van der Waals surface area contributed by atoms with Crippen LogP contribution in [0.25, 0.3) is 11.2 Å². The third kappa shape index (κ3) is 2.65. The maximum absolute atomic E-state index is 9.86. The smallest absolute Gasteiger partial charge is 0.309 e. The van der Waals surface area contributed by atoms with Gasteiger partial charge in [0.15, 0.2) is 18.9 Å². The van der Waals surface area contributed by atoms with Crippen molar-refractivity contribution in [3.8, 4) is 0 Å². The normalized spacial score (nSPS) is 25.4. The second-order valence-corrected chi connectivity index (χ2v) is 5.40. The Labute approximate surface area is 126 Å². The molecule has 0 radical (unpaired) electrons. The monoisotopic (exact) mass is 307 g/mol. The van der Waals surface area contributed by atoms with Crippen LogP contribution in [0.5, 0.6) is 0 Å². The molecule has 9 nitrogen and oxygen atoms in total. The lowest BCUT2D eigenvalue weighted by Crippen LogP contribution is -2.39. The van der Waals surface area contributed by atoms with E-state index in [4.69, 9.17) is 4.74 Å². The molecule has 3 heterocycles. The Morgan fingerprint density at radius 2 is 2.36 bits per heavy atom. The Morgan fingerprint density at radius 3 is 3.05 bits per heavy atom. The second-order valence-electron chi connectivity index (χ2n) is 5.40. The maximum atomic E-state index is 9.86. The Balaban J connectivity index is 1.95. The number of aromatic nitrogens is 4. The van der Waals surface area contributed by atoms with Gasteiger partial charge in [-0.2, -0.15) is 4.98 Å². The zero-order chi connectivity index (χ0) is 15.7. The Kier molecular flexibility index (Phi) is 4.01. The number of nitrogens with one attached hydrogen (secondary N) is 1. The summed E-state index contributed by atoms with van der Waals surface area (Å²) in [4.78, 5) is 17.6. The third-order valence-corrected chi connectivity index (χ3v) is 3.51. The lowest BCUT2D eigenvalue weighted by atomic mass is 10.2. The van der Waals surface area contributed by atoms with Gasteiger partial charge in [0.25, 0.3) is 0 Å². The van der Waals surface area contributed by atoms with Crippen molar-refractivity contribution in [1.82, 2.24) is 19.9 Å². The Bertz CT molecular complexity index is 685. The van der Waals surface area contributed by atoms with Crippen LogP contribution in [0.3, 0.4) is 0 Å². The summed E-state index contributed by atoms with van der Waals surface area (Å²) >= 11 is 0. The summed E-state index contributed by atoms with van der Waals surface area (Å²) in [5.74, 6) is 0.523. The summed E-state index contributed by atoms with van der Waals surface area (Å²) in [6.45, 7) is -0.214. The molecule has 0 aromatic carbocycles. The largest absolute Gasteiger partial charge is 0.394 e. The van der Waals surface area contributed by atoms with Crippen LogP contribution < -0.4 is 4.57 Å². The number of H-pyrrole nitrogens is 1. The van der Waals surface area contributed by atoms with Gasteiger partial charge in [-0.05, 0) is 0 Å². The van der Waals surface area contributed by atoms with E-state index in [1.54, 1.807) is 17.2 Å². The first-order chi connectivity index (χ1) is 10.6. The molecule has 0 unspecified atom stereocenters. The number of hydrogen-bond donors (Lipinski definition) is 3. The number of nitrogens with zero attached hydrogens (tertiary/aromatic N) is 5. The van der Waals surface area contributed by atoms with Crippen LogP contribution >= 0.6 is 0 Å². The predicted molar refractivity (Wildman–Crippen MR) is 77.5 cm³/mol. The topological polar surface area (TPSA) is 111 Å². The van der Waals surface area contributed by atoms with Crippen molar-refractivity contribution in [1.29, 1.82) is 0 Å². The first-order valence-corrected chi connectivity index (χ1v) is 6.98. The number of rotatable bonds is 4. The lowest BCUT2D eigenvalue weighted by Gasteiger charge is -2.10. The molecule has 1 aliphatic heterocycles. The first-order valence-electron chi connectivity index (χ1n) is 6.98. The van der Waals surface area contributed by atoms with Crippen LogP contribution in [0.4, 0.5) is 5.82 Å². The highest BCUT2D eigenvalue weighted by atomic mass is 16.5. The van der Waals surface area contributed by atoms with E-state index in [1.807, 2.05) is 19.0 Å². The van der Waals surface area contributed by atoms with Crippen LogP contribution in [-0.2, 0) is 4.74 Å². The number of aliphatic hydroxyl groups is 2. The Morgan fingerprint density at radius 1 is 1.55 bits per heavy atom. The van der Waals surface area contributed by atoms with E-state index in [0.717, 1.165) is 0 Å². The number of hydrogen-bond acceptors (Lipinski definition) is 6. The number of imidazole rings is 1. The molecule has 118 valence electrons. The third-order valence-electron chi connectivity index (χ3n) is 3.51. The minimum atomic E-state index is -0.694. The fourth-order valence-electron chi connectivity index (χ4n) is 2.43. The minimum Gasteiger partial charge on any atom is -0.394 e. The quantitative estimate of drug-likeness (QED) is 0.384. The maximum Gasteiger partial charge on any atom is 0.309 e. The molecule has 0 saturated carbocycles. The van der Waals surface area contributed by atoms with Gasteiger partial charge in [0.05, 0.1) is 19.0 Å². The molecule has 3 atom stereocenters. The molecule has 0 spiro atoms. The Hall–Kier alpha value is -2.10. The van der Waals surface area contributed by atoms with Crippen LogP contribution in [-0.4, -0.2) is 69.3 Å². The van der Waals surface area contributed by atoms with E-state index >= 15 is 0 Å². The number of ether oxygens (including phenoxy) is 1. The SMILES string of the molecule is CN(C)/C=N/c1ncnc2c1[nH]c[n+]2[C@@H]1C[C@@H](O)[C@@H](CO)O1. The average Bonchev–Trinajstić information content (AvgIpc) is 3.08. The molecule has 3 rings (SSSR count). The summed E-state index contributed by atoms with van der Waals surface area (Å²) in [7, 11) is 3.75. The minimum absolute atomic E-state index is 0.214. The zero-order valence-corrected chi connectivity index (χ0v) is 12.4. The van der Waals surface area contributed by atoms with Gasteiger partial charge < -0.3 is 19.8 Å². The van der Waals surface area contributed by atoms with Crippen LogP contribution in [0.1, 0.15) is 12.6 Å². The molecular weight excluding hydrogens is 288 g/mol. The van der Waals surface area contributed by atoms with Crippen LogP contribution in [0, 0.1) is 0 Å². The van der Waals surface area contributed by atoms with E-state index in [-0.39, 0.29) is 12.8 Å². The summed E-state index contributed by atoms with van der Waals surface area (Å²) in [6, 6.07) is 0. The molecule has 2 aromatic heterocycles. The average molecular weight is 307 g/mol. The molecule has 0 bridgehead atoms. The second kappa shape index (κ2) is 5.95. The van der Waals surface area contributed by atoms with E-state index in [2.05, 4.69) is 19.9 Å². The molecule has 3 N–H and O–H groups in total. The number of fused-ring (bicyclic) bond motifs is 1. The molecular formula is C13H19N6O3+. The van der Waals surface area contributed by atoms with Gasteiger partial charge >= 0.3 is 5.65 Å². The van der Waals surface area contributed by atoms with Gasteiger partial charge in [-0.1, -0.05) is 4.98 Å². The van der Waals surface area contributed by atoms with Crippen molar-refractivity contribution in [3.63, 3.8) is 0 Å². The van der Waals surface area contributed by atoms with Crippen molar-refractivity contribution in [2.75, 3.05) is 20.7 Å². The van der Waals surface area contributed by atoms with Gasteiger partial charge in [0.1, 0.15) is 6.10 Å². The number of aromatic amines is 1. The molecule has 9 heteroatoms. The fourth-order valence-corrected chi connectivity index (χ4v) is 2.43. The highest BCUT2D eigenvalue weighted by molar-refractivity contribution is 5.80. The van der Waals surface area contributed by atoms with Gasteiger partial charge in [-0.25, -0.2) is 9.56 Å². The van der Waals surface area contributed by atoms with Gasteiger partial charge in [-0.15, -0.1) is 0 Å². The van der Waals surface area contributed by atoms with Crippen molar-refractivity contribution in [2.24, 2.45) is 4.99 Å². The molecule has 0 amide bonds. The predicted octanol–water partition coefficient (Wildman–Crippen LogP) is -0.893. The summed E-state index contributed by atoms with van der Waals surface area (Å²) in [5, 5.41) is 19.0. The standard InChI is InChI=1S/C13H18N6O3/c1-18(2)6-17-12-11-13(15-5-14-12)19(7-16-11)10-3-8(21)9(4-20)22-10/h5-10,20-21H,3-4H2,1-2H3/p+1/b17-6+/t8-,9-,10+/m1/s1. The van der Waals surface area contributed by atoms with Crippen molar-refractivity contribution in [3.05, 3.63) is 12.7 Å².